The molecule has 3 N–H and O–H groups in total. The molecule has 190 valence electrons. The van der Waals surface area contributed by atoms with Gasteiger partial charge in [0.2, 0.25) is 0 Å². The SMILES string of the molecule is CCCCCCCCCCCCCCCCC=CNCCCN(C(C)O)C(C)O.F.F. The summed E-state index contributed by atoms with van der Waals surface area (Å²) in [6.45, 7) is 7.22. The molecule has 2 unspecified atom stereocenters. The highest BCUT2D eigenvalue weighted by Crippen LogP contribution is 2.13. The molecule has 31 heavy (non-hydrogen) atoms. The normalized spacial score (nSPS) is 13.1. The first-order valence-corrected chi connectivity index (χ1v) is 12.6. The average molecular weight is 453 g/mol. The van der Waals surface area contributed by atoms with Gasteiger partial charge in [0.25, 0.3) is 0 Å². The second-order valence-corrected chi connectivity index (χ2v) is 8.60. The standard InChI is InChI=1S/C25H52N2O2.2FH/c1-4-5-6-7-8-9-10-11-12-13-14-15-16-17-18-19-21-26-22-20-23-27(24(2)28)25(3)29;;/h19,21,24-26,28-29H,4-18,20,22-23H2,1-3H3;2*1H. The van der Waals surface area contributed by atoms with Gasteiger partial charge in [0.1, 0.15) is 12.5 Å². The Labute approximate surface area is 191 Å². The van der Waals surface area contributed by atoms with Crippen molar-refractivity contribution in [1.29, 1.82) is 0 Å². The quantitative estimate of drug-likeness (QED) is 0.127. The summed E-state index contributed by atoms with van der Waals surface area (Å²) in [5, 5.41) is 22.4. The highest BCUT2D eigenvalue weighted by atomic mass is 19.0. The van der Waals surface area contributed by atoms with Gasteiger partial charge < -0.3 is 15.5 Å². The first kappa shape index (κ1) is 34.9. The van der Waals surface area contributed by atoms with Gasteiger partial charge in [0.15, 0.2) is 0 Å². The number of halogens is 2. The van der Waals surface area contributed by atoms with Crippen LogP contribution < -0.4 is 5.32 Å². The van der Waals surface area contributed by atoms with E-state index in [2.05, 4.69) is 24.5 Å². The minimum Gasteiger partial charge on any atom is -0.391 e. The van der Waals surface area contributed by atoms with E-state index < -0.39 is 12.5 Å². The van der Waals surface area contributed by atoms with Gasteiger partial charge in [-0.25, -0.2) is 0 Å². The summed E-state index contributed by atoms with van der Waals surface area (Å²) >= 11 is 0. The van der Waals surface area contributed by atoms with Crippen molar-refractivity contribution in [2.45, 2.75) is 136 Å². The Morgan fingerprint density at radius 2 is 1.10 bits per heavy atom. The van der Waals surface area contributed by atoms with Crippen LogP contribution in [0.5, 0.6) is 0 Å². The van der Waals surface area contributed by atoms with E-state index in [1.165, 1.54) is 89.9 Å². The number of unbranched alkanes of at least 4 members (excludes halogenated alkanes) is 14. The zero-order chi connectivity index (χ0) is 21.6. The average Bonchev–Trinajstić information content (AvgIpc) is 2.68. The van der Waals surface area contributed by atoms with Gasteiger partial charge in [-0.05, 0) is 39.3 Å². The zero-order valence-electron chi connectivity index (χ0n) is 20.7. The number of nitrogens with zero attached hydrogens (tertiary/aromatic N) is 1. The number of hydrogen-bond acceptors (Lipinski definition) is 4. The van der Waals surface area contributed by atoms with Crippen molar-refractivity contribution in [3.05, 3.63) is 12.3 Å². The number of aliphatic hydroxyl groups excluding tert-OH is 2. The predicted octanol–water partition coefficient (Wildman–Crippen LogP) is 6.63. The van der Waals surface area contributed by atoms with Gasteiger partial charge in [0, 0.05) is 13.1 Å². The molecule has 4 nitrogen and oxygen atoms in total. The Bertz CT molecular complexity index is 348. The van der Waals surface area contributed by atoms with Crippen LogP contribution in [0.25, 0.3) is 0 Å². The van der Waals surface area contributed by atoms with Crippen LogP contribution in [-0.4, -0.2) is 40.7 Å². The Morgan fingerprint density at radius 1 is 0.677 bits per heavy atom. The van der Waals surface area contributed by atoms with Crippen molar-refractivity contribution < 1.29 is 19.6 Å². The first-order valence-electron chi connectivity index (χ1n) is 12.6. The van der Waals surface area contributed by atoms with E-state index in [1.807, 2.05) is 0 Å². The van der Waals surface area contributed by atoms with E-state index in [1.54, 1.807) is 18.7 Å². The summed E-state index contributed by atoms with van der Waals surface area (Å²) in [6, 6.07) is 0. The van der Waals surface area contributed by atoms with Gasteiger partial charge in [-0.3, -0.25) is 14.3 Å². The number of hydrogen-bond donors (Lipinski definition) is 3. The summed E-state index contributed by atoms with van der Waals surface area (Å²) in [4.78, 5) is 1.68. The molecule has 0 fully saturated rings. The van der Waals surface area contributed by atoms with Gasteiger partial charge in [-0.1, -0.05) is 96.5 Å². The number of allylic oxidation sites excluding steroid dienone is 1. The molecule has 2 atom stereocenters. The first-order chi connectivity index (χ1) is 14.1. The van der Waals surface area contributed by atoms with Crippen molar-refractivity contribution in [3.63, 3.8) is 0 Å². The van der Waals surface area contributed by atoms with Crippen molar-refractivity contribution in [2.75, 3.05) is 13.1 Å². The lowest BCUT2D eigenvalue weighted by Gasteiger charge is -2.27. The summed E-state index contributed by atoms with van der Waals surface area (Å²) < 4.78 is 0. The fourth-order valence-corrected chi connectivity index (χ4v) is 3.76. The lowest BCUT2D eigenvalue weighted by atomic mass is 10.0. The third-order valence-electron chi connectivity index (χ3n) is 5.66. The monoisotopic (exact) mass is 452 g/mol. The van der Waals surface area contributed by atoms with Crippen LogP contribution in [0.1, 0.15) is 124 Å². The largest absolute Gasteiger partial charge is 0.391 e. The Morgan fingerprint density at radius 3 is 1.52 bits per heavy atom. The van der Waals surface area contributed by atoms with Crippen LogP contribution in [0.2, 0.25) is 0 Å². The van der Waals surface area contributed by atoms with E-state index in [9.17, 15) is 10.2 Å². The van der Waals surface area contributed by atoms with E-state index in [0.29, 0.717) is 6.54 Å². The molecular formula is C25H54F2N2O2. The van der Waals surface area contributed by atoms with E-state index >= 15 is 0 Å². The van der Waals surface area contributed by atoms with Crippen molar-refractivity contribution in [2.24, 2.45) is 0 Å². The van der Waals surface area contributed by atoms with E-state index in [4.69, 9.17) is 0 Å². The highest BCUT2D eigenvalue weighted by molar-refractivity contribution is 4.79. The molecule has 0 aliphatic rings. The predicted molar refractivity (Wildman–Crippen MR) is 132 cm³/mol. The molecule has 0 aliphatic heterocycles. The maximum absolute atomic E-state index is 9.57. The molecule has 0 aromatic rings. The van der Waals surface area contributed by atoms with E-state index in [-0.39, 0.29) is 9.41 Å². The van der Waals surface area contributed by atoms with Crippen LogP contribution in [-0.2, 0) is 0 Å². The number of rotatable bonds is 22. The molecule has 0 rings (SSSR count). The van der Waals surface area contributed by atoms with Gasteiger partial charge >= 0.3 is 0 Å². The minimum absolute atomic E-state index is 0. The summed E-state index contributed by atoms with van der Waals surface area (Å²) in [6.07, 6.45) is 24.8. The third-order valence-corrected chi connectivity index (χ3v) is 5.66. The highest BCUT2D eigenvalue weighted by Gasteiger charge is 2.14. The van der Waals surface area contributed by atoms with Crippen LogP contribution in [0, 0.1) is 0 Å². The molecule has 0 aromatic carbocycles. The molecule has 0 saturated carbocycles. The molecule has 0 radical (unpaired) electrons. The maximum atomic E-state index is 9.57. The van der Waals surface area contributed by atoms with Crippen molar-refractivity contribution >= 4 is 0 Å². The topological polar surface area (TPSA) is 55.7 Å². The molecule has 0 bridgehead atoms. The second kappa shape index (κ2) is 27.3. The lowest BCUT2D eigenvalue weighted by molar-refractivity contribution is -0.0840. The summed E-state index contributed by atoms with van der Waals surface area (Å²) in [5.41, 5.74) is 0. The van der Waals surface area contributed by atoms with Gasteiger partial charge in [0.05, 0.1) is 0 Å². The summed E-state index contributed by atoms with van der Waals surface area (Å²) in [5.74, 6) is 0. The molecule has 0 saturated heterocycles. The third kappa shape index (κ3) is 25.4. The van der Waals surface area contributed by atoms with Gasteiger partial charge in [-0.2, -0.15) is 0 Å². The molecular weight excluding hydrogens is 398 g/mol. The number of nitrogens with one attached hydrogen (secondary N) is 1. The Hall–Kier alpha value is -0.720. The Balaban J connectivity index is -0.00000392. The molecule has 6 heteroatoms. The smallest absolute Gasteiger partial charge is 0.106 e. The van der Waals surface area contributed by atoms with Crippen LogP contribution in [0.4, 0.5) is 9.41 Å². The summed E-state index contributed by atoms with van der Waals surface area (Å²) in [7, 11) is 0. The lowest BCUT2D eigenvalue weighted by Crippen LogP contribution is -2.41. The maximum Gasteiger partial charge on any atom is 0.106 e. The van der Waals surface area contributed by atoms with E-state index in [0.717, 1.165) is 19.4 Å². The van der Waals surface area contributed by atoms with Crippen LogP contribution in [0.3, 0.4) is 0 Å². The van der Waals surface area contributed by atoms with Crippen molar-refractivity contribution in [1.82, 2.24) is 10.2 Å². The number of aliphatic hydroxyl groups is 2. The van der Waals surface area contributed by atoms with Crippen molar-refractivity contribution in [3.8, 4) is 0 Å². The van der Waals surface area contributed by atoms with Crippen LogP contribution in [0.15, 0.2) is 12.3 Å². The minimum atomic E-state index is -0.606. The fraction of sp³-hybridized carbons (Fsp3) is 0.920. The van der Waals surface area contributed by atoms with Crippen LogP contribution >= 0.6 is 0 Å². The Kier molecular flexibility index (Phi) is 30.7. The second-order valence-electron chi connectivity index (χ2n) is 8.60. The molecule has 0 spiro atoms. The molecule has 0 heterocycles. The molecule has 0 amide bonds. The molecule has 0 aromatic heterocycles. The van der Waals surface area contributed by atoms with Gasteiger partial charge in [-0.15, -0.1) is 0 Å². The fourth-order valence-electron chi connectivity index (χ4n) is 3.76. The zero-order valence-corrected chi connectivity index (χ0v) is 20.7. The molecule has 0 aliphatic carbocycles.